The van der Waals surface area contributed by atoms with Crippen LogP contribution in [0, 0.1) is 0 Å². The van der Waals surface area contributed by atoms with E-state index in [1.54, 1.807) is 0 Å². The summed E-state index contributed by atoms with van der Waals surface area (Å²) in [6.07, 6.45) is -3.42. The van der Waals surface area contributed by atoms with Gasteiger partial charge in [0.25, 0.3) is 0 Å². The number of benzene rings is 6. The molecule has 0 radical (unpaired) electrons. The Kier molecular flexibility index (Phi) is 13.0. The minimum absolute atomic E-state index is 0.0251. The Morgan fingerprint density at radius 2 is 0.907 bits per heavy atom. The van der Waals surface area contributed by atoms with Crippen LogP contribution in [-0.2, 0) is 45.4 Å². The zero-order chi connectivity index (χ0) is 36.8. The van der Waals surface area contributed by atoms with Gasteiger partial charge in [-0.2, -0.15) is 0 Å². The number of ether oxygens (including phenoxy) is 4. The molecule has 6 heteroatoms. The fourth-order valence-corrected chi connectivity index (χ4v) is 6.60. The van der Waals surface area contributed by atoms with E-state index in [-0.39, 0.29) is 19.8 Å². The Morgan fingerprint density at radius 1 is 0.463 bits per heavy atom. The number of aliphatic hydroxyl groups excluding tert-OH is 1. The van der Waals surface area contributed by atoms with Crippen LogP contribution in [0.15, 0.2) is 182 Å². The molecule has 7 aromatic rings. The van der Waals surface area contributed by atoms with Crippen molar-refractivity contribution < 1.29 is 24.1 Å². The van der Waals surface area contributed by atoms with E-state index in [4.69, 9.17) is 23.9 Å². The number of nitrogens with zero attached hydrogens (tertiary/aromatic N) is 1. The largest absolute Gasteiger partial charge is 0.388 e. The van der Waals surface area contributed by atoms with Gasteiger partial charge < -0.3 is 24.1 Å². The molecule has 4 atom stereocenters. The van der Waals surface area contributed by atoms with Gasteiger partial charge in [0.15, 0.2) is 0 Å². The summed E-state index contributed by atoms with van der Waals surface area (Å²) in [4.78, 5) is 5.09. The van der Waals surface area contributed by atoms with E-state index in [1.807, 2.05) is 158 Å². The number of aliphatic hydroxyl groups is 1. The fourth-order valence-electron chi connectivity index (χ4n) is 6.60. The van der Waals surface area contributed by atoms with Crippen LogP contribution < -0.4 is 0 Å². The highest BCUT2D eigenvalue weighted by atomic mass is 16.6. The molecule has 0 saturated heterocycles. The molecule has 1 heterocycles. The Bertz CT molecular complexity index is 2130. The first-order valence-corrected chi connectivity index (χ1v) is 18.4. The molecule has 7 rings (SSSR count). The highest BCUT2D eigenvalue weighted by Crippen LogP contribution is 2.37. The lowest BCUT2D eigenvalue weighted by atomic mass is 9.92. The summed E-state index contributed by atoms with van der Waals surface area (Å²) in [6, 6.07) is 60.4. The quantitative estimate of drug-likeness (QED) is 0.0954. The summed E-state index contributed by atoms with van der Waals surface area (Å²) in [5.41, 5.74) is 7.52. The molecule has 0 spiro atoms. The van der Waals surface area contributed by atoms with Crippen molar-refractivity contribution in [1.29, 1.82) is 0 Å². The summed E-state index contributed by atoms with van der Waals surface area (Å²) < 4.78 is 26.9. The van der Waals surface area contributed by atoms with E-state index in [0.717, 1.165) is 50.0 Å². The van der Waals surface area contributed by atoms with Gasteiger partial charge >= 0.3 is 0 Å². The van der Waals surface area contributed by atoms with Crippen molar-refractivity contribution in [2.75, 3.05) is 6.61 Å². The SMILES string of the molecule is O[C@H](COCc1ccccc1)[C@@H](OCc1ccccc1)[C@H](OCc1ccccc1)[C@H](OCc1ccccc1)c1cc(-c2ccccc2)nc2ccccc12. The molecule has 0 unspecified atom stereocenters. The van der Waals surface area contributed by atoms with Gasteiger partial charge in [-0.15, -0.1) is 0 Å². The predicted octanol–water partition coefficient (Wildman–Crippen LogP) is 9.91. The van der Waals surface area contributed by atoms with Crippen molar-refractivity contribution in [3.8, 4) is 11.3 Å². The van der Waals surface area contributed by atoms with Crippen molar-refractivity contribution in [3.63, 3.8) is 0 Å². The zero-order valence-electron chi connectivity index (χ0n) is 30.2. The first kappa shape index (κ1) is 36.9. The highest BCUT2D eigenvalue weighted by molar-refractivity contribution is 5.85. The Hall–Kier alpha value is -5.47. The third-order valence-corrected chi connectivity index (χ3v) is 9.37. The van der Waals surface area contributed by atoms with Crippen LogP contribution in [0.25, 0.3) is 22.2 Å². The van der Waals surface area contributed by atoms with Gasteiger partial charge in [-0.1, -0.05) is 170 Å². The maximum atomic E-state index is 12.2. The Labute approximate surface area is 317 Å². The van der Waals surface area contributed by atoms with Gasteiger partial charge in [-0.25, -0.2) is 4.98 Å². The molecule has 0 amide bonds. The van der Waals surface area contributed by atoms with Gasteiger partial charge in [-0.05, 0) is 39.9 Å². The van der Waals surface area contributed by atoms with Gasteiger partial charge in [-0.3, -0.25) is 0 Å². The molecule has 6 nitrogen and oxygen atoms in total. The maximum Gasteiger partial charge on any atom is 0.117 e. The molecule has 1 aromatic heterocycles. The Morgan fingerprint density at radius 3 is 1.46 bits per heavy atom. The van der Waals surface area contributed by atoms with Gasteiger partial charge in [0, 0.05) is 10.9 Å². The monoisotopic (exact) mass is 715 g/mol. The van der Waals surface area contributed by atoms with Crippen LogP contribution in [0.3, 0.4) is 0 Å². The summed E-state index contributed by atoms with van der Waals surface area (Å²) in [7, 11) is 0. The number of fused-ring (bicyclic) bond motifs is 1. The summed E-state index contributed by atoms with van der Waals surface area (Å²) >= 11 is 0. The molecular formula is C48H45NO5. The third-order valence-electron chi connectivity index (χ3n) is 9.37. The van der Waals surface area contributed by atoms with E-state index >= 15 is 0 Å². The van der Waals surface area contributed by atoms with E-state index < -0.39 is 24.4 Å². The van der Waals surface area contributed by atoms with Crippen LogP contribution in [0.4, 0.5) is 0 Å². The number of pyridine rings is 1. The molecule has 54 heavy (non-hydrogen) atoms. The molecule has 0 fully saturated rings. The second-order valence-electron chi connectivity index (χ2n) is 13.3. The highest BCUT2D eigenvalue weighted by Gasteiger charge is 2.39. The normalized spacial score (nSPS) is 13.6. The van der Waals surface area contributed by atoms with Gasteiger partial charge in [0.2, 0.25) is 0 Å². The molecule has 0 aliphatic carbocycles. The van der Waals surface area contributed by atoms with Crippen LogP contribution in [0.2, 0.25) is 0 Å². The second-order valence-corrected chi connectivity index (χ2v) is 13.3. The minimum Gasteiger partial charge on any atom is -0.388 e. The fraction of sp³-hybridized carbons (Fsp3) is 0.188. The topological polar surface area (TPSA) is 70.0 Å². The van der Waals surface area contributed by atoms with E-state index in [0.29, 0.717) is 13.2 Å². The predicted molar refractivity (Wildman–Crippen MR) is 213 cm³/mol. The first-order chi connectivity index (χ1) is 26.7. The summed E-state index contributed by atoms with van der Waals surface area (Å²) in [6.45, 7) is 1.21. The van der Waals surface area contributed by atoms with Crippen molar-refractivity contribution in [3.05, 3.63) is 210 Å². The lowest BCUT2D eigenvalue weighted by Gasteiger charge is -2.37. The Balaban J connectivity index is 1.33. The van der Waals surface area contributed by atoms with Crippen molar-refractivity contribution >= 4 is 10.9 Å². The van der Waals surface area contributed by atoms with Gasteiger partial charge in [0.1, 0.15) is 24.4 Å². The first-order valence-electron chi connectivity index (χ1n) is 18.4. The number of aromatic nitrogens is 1. The van der Waals surface area contributed by atoms with E-state index in [2.05, 4.69) is 24.3 Å². The average molecular weight is 716 g/mol. The molecule has 0 bridgehead atoms. The lowest BCUT2D eigenvalue weighted by Crippen LogP contribution is -2.47. The third kappa shape index (κ3) is 9.94. The molecular weight excluding hydrogens is 671 g/mol. The molecule has 0 aliphatic heterocycles. The van der Waals surface area contributed by atoms with Crippen molar-refractivity contribution in [2.24, 2.45) is 0 Å². The van der Waals surface area contributed by atoms with Crippen LogP contribution in [0.1, 0.15) is 33.9 Å². The summed E-state index contributed by atoms with van der Waals surface area (Å²) in [5, 5.41) is 13.1. The second kappa shape index (κ2) is 19.0. The molecule has 272 valence electrons. The average Bonchev–Trinajstić information content (AvgIpc) is 3.24. The standard InChI is InChI=1S/C48H45NO5/c50-45(35-51-31-36-18-6-1-7-19-36)47(53-33-38-22-10-3-11-23-38)48(54-34-39-24-12-4-13-25-39)46(52-32-37-20-8-2-9-21-37)42-30-44(40-26-14-5-15-27-40)49-43-29-17-16-28-41(42)43/h1-30,45-48,50H,31-35H2/t45-,46-,47-,48-/m1/s1. The smallest absolute Gasteiger partial charge is 0.117 e. The molecule has 0 aliphatic rings. The molecule has 0 saturated carbocycles. The minimum atomic E-state index is -1.07. The number of hydrogen-bond donors (Lipinski definition) is 1. The van der Waals surface area contributed by atoms with Crippen molar-refractivity contribution in [2.45, 2.75) is 50.8 Å². The van der Waals surface area contributed by atoms with Crippen LogP contribution in [0.5, 0.6) is 0 Å². The van der Waals surface area contributed by atoms with Crippen LogP contribution in [-0.4, -0.2) is 35.0 Å². The number of hydrogen-bond acceptors (Lipinski definition) is 6. The molecule has 6 aromatic carbocycles. The lowest BCUT2D eigenvalue weighted by molar-refractivity contribution is -0.189. The van der Waals surface area contributed by atoms with Crippen LogP contribution >= 0.6 is 0 Å². The van der Waals surface area contributed by atoms with Crippen molar-refractivity contribution in [1.82, 2.24) is 4.98 Å². The van der Waals surface area contributed by atoms with E-state index in [9.17, 15) is 5.11 Å². The van der Waals surface area contributed by atoms with E-state index in [1.165, 1.54) is 0 Å². The summed E-state index contributed by atoms with van der Waals surface area (Å²) in [5.74, 6) is 0. The molecule has 1 N–H and O–H groups in total. The maximum absolute atomic E-state index is 12.2. The number of para-hydroxylation sites is 1. The number of rotatable bonds is 18. The van der Waals surface area contributed by atoms with Gasteiger partial charge in [0.05, 0.1) is 44.2 Å². The zero-order valence-corrected chi connectivity index (χ0v) is 30.2.